The van der Waals surface area contributed by atoms with E-state index in [4.69, 9.17) is 23.2 Å². The Labute approximate surface area is 98.8 Å². The van der Waals surface area contributed by atoms with Crippen molar-refractivity contribution in [2.24, 2.45) is 0 Å². The summed E-state index contributed by atoms with van der Waals surface area (Å²) in [6.45, 7) is 0. The zero-order chi connectivity index (χ0) is 10.1. The van der Waals surface area contributed by atoms with Crippen molar-refractivity contribution in [3.63, 3.8) is 0 Å². The maximum atomic E-state index is 5.98. The van der Waals surface area contributed by atoms with E-state index in [0.29, 0.717) is 15.9 Å². The molecule has 0 N–H and O–H groups in total. The summed E-state index contributed by atoms with van der Waals surface area (Å²) in [5.74, 6) is 0.557. The van der Waals surface area contributed by atoms with Gasteiger partial charge in [-0.25, -0.2) is 9.67 Å². The largest absolute Gasteiger partial charge is 0.235 e. The zero-order valence-electron chi connectivity index (χ0n) is 6.78. The van der Waals surface area contributed by atoms with Gasteiger partial charge in [0, 0.05) is 10.7 Å². The quantitative estimate of drug-likeness (QED) is 0.807. The van der Waals surface area contributed by atoms with Crippen LogP contribution in [0.15, 0.2) is 29.1 Å². The van der Waals surface area contributed by atoms with E-state index >= 15 is 0 Å². The van der Waals surface area contributed by atoms with Crippen LogP contribution in [0, 0.1) is 0 Å². The number of hydrogen-bond donors (Lipinski definition) is 0. The standard InChI is InChI=1S/C8H4BrCl2N3/c9-5-1-7(11)8(12-2-5)14-4-6(10)3-13-14/h1-4H. The van der Waals surface area contributed by atoms with Gasteiger partial charge in [0.2, 0.25) is 0 Å². The van der Waals surface area contributed by atoms with Crippen LogP contribution in [0.1, 0.15) is 0 Å². The topological polar surface area (TPSA) is 30.7 Å². The molecule has 0 saturated carbocycles. The third kappa shape index (κ3) is 1.92. The molecule has 2 rings (SSSR count). The molecular formula is C8H4BrCl2N3. The van der Waals surface area contributed by atoms with Gasteiger partial charge in [0.1, 0.15) is 0 Å². The van der Waals surface area contributed by atoms with Crippen LogP contribution in [0.3, 0.4) is 0 Å². The molecule has 0 aromatic carbocycles. The summed E-state index contributed by atoms with van der Waals surface area (Å²) in [6, 6.07) is 1.75. The molecule has 2 aromatic heterocycles. The molecule has 0 unspecified atom stereocenters. The van der Waals surface area contributed by atoms with Crippen LogP contribution in [0.4, 0.5) is 0 Å². The molecule has 0 fully saturated rings. The normalized spacial score (nSPS) is 10.5. The molecule has 0 aliphatic rings. The van der Waals surface area contributed by atoms with Crippen molar-refractivity contribution < 1.29 is 0 Å². The summed E-state index contributed by atoms with van der Waals surface area (Å²) in [7, 11) is 0. The molecule has 0 amide bonds. The first-order valence-corrected chi connectivity index (χ1v) is 5.23. The Morgan fingerprint density at radius 2 is 2.07 bits per heavy atom. The van der Waals surface area contributed by atoms with Crippen LogP contribution in [0.25, 0.3) is 5.82 Å². The summed E-state index contributed by atoms with van der Waals surface area (Å²) < 4.78 is 2.35. The van der Waals surface area contributed by atoms with Crippen LogP contribution in [-0.2, 0) is 0 Å². The summed E-state index contributed by atoms with van der Waals surface area (Å²) >= 11 is 15.0. The number of halogens is 3. The highest BCUT2D eigenvalue weighted by Gasteiger charge is 2.06. The minimum atomic E-state index is 0.513. The molecule has 3 nitrogen and oxygen atoms in total. The second kappa shape index (κ2) is 3.88. The number of rotatable bonds is 1. The van der Waals surface area contributed by atoms with Gasteiger partial charge in [0.05, 0.1) is 22.4 Å². The maximum Gasteiger partial charge on any atom is 0.172 e. The van der Waals surface area contributed by atoms with E-state index in [-0.39, 0.29) is 0 Å². The predicted molar refractivity (Wildman–Crippen MR) is 59.1 cm³/mol. The number of pyridine rings is 1. The average Bonchev–Trinajstić information content (AvgIpc) is 2.51. The minimum Gasteiger partial charge on any atom is -0.235 e. The fourth-order valence-corrected chi connectivity index (χ4v) is 1.84. The Morgan fingerprint density at radius 1 is 1.29 bits per heavy atom. The van der Waals surface area contributed by atoms with E-state index in [9.17, 15) is 0 Å². The van der Waals surface area contributed by atoms with Crippen molar-refractivity contribution >= 4 is 39.1 Å². The molecule has 0 radical (unpaired) electrons. The monoisotopic (exact) mass is 291 g/mol. The number of hydrogen-bond acceptors (Lipinski definition) is 2. The van der Waals surface area contributed by atoms with E-state index < -0.39 is 0 Å². The molecular weight excluding hydrogens is 289 g/mol. The first kappa shape index (κ1) is 9.96. The van der Waals surface area contributed by atoms with E-state index in [0.717, 1.165) is 4.47 Å². The minimum absolute atomic E-state index is 0.513. The molecule has 14 heavy (non-hydrogen) atoms. The Bertz CT molecular complexity index is 469. The summed E-state index contributed by atoms with van der Waals surface area (Å²) in [5.41, 5.74) is 0. The SMILES string of the molecule is Clc1cnn(-c2ncc(Br)cc2Cl)c1. The molecule has 2 heterocycles. The van der Waals surface area contributed by atoms with Gasteiger partial charge in [-0.3, -0.25) is 0 Å². The molecule has 0 bridgehead atoms. The summed E-state index contributed by atoms with van der Waals surface area (Å²) in [4.78, 5) is 4.12. The van der Waals surface area contributed by atoms with Crippen molar-refractivity contribution in [2.75, 3.05) is 0 Å². The van der Waals surface area contributed by atoms with Crippen molar-refractivity contribution in [1.82, 2.24) is 14.8 Å². The molecule has 0 atom stereocenters. The van der Waals surface area contributed by atoms with Gasteiger partial charge in [-0.05, 0) is 22.0 Å². The highest BCUT2D eigenvalue weighted by molar-refractivity contribution is 9.10. The van der Waals surface area contributed by atoms with Crippen molar-refractivity contribution in [1.29, 1.82) is 0 Å². The second-order valence-electron chi connectivity index (χ2n) is 2.56. The van der Waals surface area contributed by atoms with E-state index in [1.165, 1.54) is 10.9 Å². The third-order valence-electron chi connectivity index (χ3n) is 1.56. The van der Waals surface area contributed by atoms with Gasteiger partial charge in [-0.1, -0.05) is 23.2 Å². The van der Waals surface area contributed by atoms with Crippen LogP contribution in [0.5, 0.6) is 0 Å². The Balaban J connectivity index is 2.52. The van der Waals surface area contributed by atoms with E-state index in [1.807, 2.05) is 0 Å². The van der Waals surface area contributed by atoms with Gasteiger partial charge in [-0.2, -0.15) is 5.10 Å². The lowest BCUT2D eigenvalue weighted by Gasteiger charge is -2.02. The lowest BCUT2D eigenvalue weighted by Crippen LogP contribution is -1.98. The molecule has 0 spiro atoms. The first-order chi connectivity index (χ1) is 6.66. The van der Waals surface area contributed by atoms with E-state index in [1.54, 1.807) is 18.5 Å². The third-order valence-corrected chi connectivity index (χ3v) is 2.46. The highest BCUT2D eigenvalue weighted by atomic mass is 79.9. The predicted octanol–water partition coefficient (Wildman–Crippen LogP) is 3.34. The first-order valence-electron chi connectivity index (χ1n) is 3.68. The Morgan fingerprint density at radius 3 is 2.64 bits per heavy atom. The van der Waals surface area contributed by atoms with E-state index in [2.05, 4.69) is 26.0 Å². The second-order valence-corrected chi connectivity index (χ2v) is 4.32. The lowest BCUT2D eigenvalue weighted by molar-refractivity contribution is 0.846. The Hall–Kier alpha value is -0.580. The van der Waals surface area contributed by atoms with Crippen LogP contribution in [0.2, 0.25) is 10.0 Å². The molecule has 2 aromatic rings. The van der Waals surface area contributed by atoms with Gasteiger partial charge in [-0.15, -0.1) is 0 Å². The fourth-order valence-electron chi connectivity index (χ4n) is 0.993. The van der Waals surface area contributed by atoms with Gasteiger partial charge >= 0.3 is 0 Å². The summed E-state index contributed by atoms with van der Waals surface area (Å²) in [6.07, 6.45) is 4.82. The summed E-state index contributed by atoms with van der Waals surface area (Å²) in [5, 5.41) is 5.06. The molecule has 0 saturated heterocycles. The van der Waals surface area contributed by atoms with Gasteiger partial charge in [0.25, 0.3) is 0 Å². The maximum absolute atomic E-state index is 5.98. The molecule has 6 heteroatoms. The van der Waals surface area contributed by atoms with Crippen LogP contribution in [-0.4, -0.2) is 14.8 Å². The Kier molecular flexibility index (Phi) is 2.76. The van der Waals surface area contributed by atoms with Gasteiger partial charge in [0.15, 0.2) is 5.82 Å². The molecule has 72 valence electrons. The van der Waals surface area contributed by atoms with Crippen molar-refractivity contribution in [3.8, 4) is 5.82 Å². The smallest absolute Gasteiger partial charge is 0.172 e. The zero-order valence-corrected chi connectivity index (χ0v) is 9.88. The van der Waals surface area contributed by atoms with Gasteiger partial charge < -0.3 is 0 Å². The fraction of sp³-hybridized carbons (Fsp3) is 0. The molecule has 0 aliphatic carbocycles. The van der Waals surface area contributed by atoms with Crippen LogP contribution < -0.4 is 0 Å². The van der Waals surface area contributed by atoms with Crippen molar-refractivity contribution in [2.45, 2.75) is 0 Å². The number of aromatic nitrogens is 3. The number of nitrogens with zero attached hydrogens (tertiary/aromatic N) is 3. The van der Waals surface area contributed by atoms with Crippen molar-refractivity contribution in [3.05, 3.63) is 39.2 Å². The highest BCUT2D eigenvalue weighted by Crippen LogP contribution is 2.22. The average molecular weight is 293 g/mol. The molecule has 0 aliphatic heterocycles. The van der Waals surface area contributed by atoms with Crippen LogP contribution >= 0.6 is 39.1 Å². The lowest BCUT2D eigenvalue weighted by atomic mass is 10.4.